The molecule has 0 amide bonds. The minimum Gasteiger partial charge on any atom is -0.387 e. The largest absolute Gasteiger partial charge is 0.387 e. The summed E-state index contributed by atoms with van der Waals surface area (Å²) in [6.07, 6.45) is 1.96. The van der Waals surface area contributed by atoms with Gasteiger partial charge >= 0.3 is 0 Å². The molecule has 2 N–H and O–H groups in total. The first-order valence-electron chi connectivity index (χ1n) is 7.31. The van der Waals surface area contributed by atoms with Gasteiger partial charge in [-0.2, -0.15) is 0 Å². The first-order chi connectivity index (χ1) is 9.48. The molecular formula is C16H25ClN2O. The van der Waals surface area contributed by atoms with Crippen LogP contribution in [0.5, 0.6) is 0 Å². The van der Waals surface area contributed by atoms with Crippen molar-refractivity contribution >= 4 is 11.6 Å². The van der Waals surface area contributed by atoms with Gasteiger partial charge < -0.3 is 15.3 Å². The Morgan fingerprint density at radius 1 is 1.30 bits per heavy atom. The monoisotopic (exact) mass is 296 g/mol. The Morgan fingerprint density at radius 3 is 2.50 bits per heavy atom. The lowest BCUT2D eigenvalue weighted by molar-refractivity contribution is 0.124. The molecule has 4 heteroatoms. The smallest absolute Gasteiger partial charge is 0.0914 e. The summed E-state index contributed by atoms with van der Waals surface area (Å²) in [7, 11) is 2.18. The quantitative estimate of drug-likeness (QED) is 0.877. The molecule has 3 nitrogen and oxygen atoms in total. The lowest BCUT2D eigenvalue weighted by Crippen LogP contribution is -2.42. The van der Waals surface area contributed by atoms with Crippen LogP contribution in [-0.4, -0.2) is 43.2 Å². The Kier molecular flexibility index (Phi) is 5.44. The number of aliphatic hydroxyl groups excluding tert-OH is 1. The van der Waals surface area contributed by atoms with E-state index in [1.165, 1.54) is 12.8 Å². The van der Waals surface area contributed by atoms with Crippen molar-refractivity contribution in [2.24, 2.45) is 5.41 Å². The fourth-order valence-corrected chi connectivity index (χ4v) is 2.77. The predicted molar refractivity (Wildman–Crippen MR) is 84.1 cm³/mol. The Morgan fingerprint density at radius 2 is 1.90 bits per heavy atom. The molecule has 1 aliphatic rings. The van der Waals surface area contributed by atoms with Crippen molar-refractivity contribution in [2.45, 2.75) is 25.9 Å². The highest BCUT2D eigenvalue weighted by molar-refractivity contribution is 6.30. The van der Waals surface area contributed by atoms with Crippen LogP contribution in [0.25, 0.3) is 0 Å². The number of nitrogens with one attached hydrogen (secondary N) is 1. The number of hydrogen-bond donors (Lipinski definition) is 2. The zero-order chi connectivity index (χ0) is 14.6. The highest BCUT2D eigenvalue weighted by Gasteiger charge is 2.28. The molecule has 2 rings (SSSR count). The van der Waals surface area contributed by atoms with Crippen molar-refractivity contribution in [3.05, 3.63) is 34.9 Å². The molecule has 20 heavy (non-hydrogen) atoms. The van der Waals surface area contributed by atoms with E-state index in [0.717, 1.165) is 25.2 Å². The van der Waals surface area contributed by atoms with Gasteiger partial charge in [0.2, 0.25) is 0 Å². The molecule has 0 radical (unpaired) electrons. The van der Waals surface area contributed by atoms with E-state index >= 15 is 0 Å². The Hall–Kier alpha value is -0.610. The molecule has 1 atom stereocenters. The van der Waals surface area contributed by atoms with Crippen molar-refractivity contribution in [1.82, 2.24) is 10.2 Å². The number of nitrogens with zero attached hydrogens (tertiary/aromatic N) is 1. The second-order valence-corrected chi connectivity index (χ2v) is 6.75. The SMILES string of the molecule is CN1CCC(C)(CNCC(O)c2ccc(Cl)cc2)CC1. The molecule has 1 aromatic rings. The average Bonchev–Trinajstić information content (AvgIpc) is 2.43. The molecule has 1 heterocycles. The van der Waals surface area contributed by atoms with Gasteiger partial charge in [0, 0.05) is 18.1 Å². The van der Waals surface area contributed by atoms with E-state index in [9.17, 15) is 5.11 Å². The summed E-state index contributed by atoms with van der Waals surface area (Å²) in [6.45, 7) is 6.22. The van der Waals surface area contributed by atoms with E-state index in [-0.39, 0.29) is 0 Å². The van der Waals surface area contributed by atoms with Gasteiger partial charge in [0.25, 0.3) is 0 Å². The van der Waals surface area contributed by atoms with Crippen molar-refractivity contribution < 1.29 is 5.11 Å². The van der Waals surface area contributed by atoms with Gasteiger partial charge in [0.05, 0.1) is 6.10 Å². The van der Waals surface area contributed by atoms with Crippen molar-refractivity contribution in [3.63, 3.8) is 0 Å². The molecule has 0 aliphatic carbocycles. The maximum Gasteiger partial charge on any atom is 0.0914 e. The first-order valence-corrected chi connectivity index (χ1v) is 7.69. The maximum absolute atomic E-state index is 10.2. The van der Waals surface area contributed by atoms with E-state index in [2.05, 4.69) is 24.2 Å². The molecule has 1 aliphatic heterocycles. The van der Waals surface area contributed by atoms with Crippen LogP contribution in [0, 0.1) is 5.41 Å². The third kappa shape index (κ3) is 4.45. The number of piperidine rings is 1. The summed E-state index contributed by atoms with van der Waals surface area (Å²) in [4.78, 5) is 2.38. The summed E-state index contributed by atoms with van der Waals surface area (Å²) >= 11 is 5.85. The summed E-state index contributed by atoms with van der Waals surface area (Å²) < 4.78 is 0. The highest BCUT2D eigenvalue weighted by atomic mass is 35.5. The standard InChI is InChI=1S/C16H25ClN2O/c1-16(7-9-19(2)10-8-16)12-18-11-15(20)13-3-5-14(17)6-4-13/h3-6,15,18,20H,7-12H2,1-2H3. The molecule has 0 bridgehead atoms. The van der Waals surface area contributed by atoms with Crippen LogP contribution in [0.3, 0.4) is 0 Å². The number of hydrogen-bond acceptors (Lipinski definition) is 3. The third-order valence-corrected chi connectivity index (χ3v) is 4.59. The fourth-order valence-electron chi connectivity index (χ4n) is 2.65. The van der Waals surface area contributed by atoms with Crippen LogP contribution in [0.2, 0.25) is 5.02 Å². The molecule has 112 valence electrons. The van der Waals surface area contributed by atoms with E-state index in [0.29, 0.717) is 17.0 Å². The van der Waals surface area contributed by atoms with E-state index in [4.69, 9.17) is 11.6 Å². The summed E-state index contributed by atoms with van der Waals surface area (Å²) in [5, 5.41) is 14.3. The third-order valence-electron chi connectivity index (χ3n) is 4.34. The second-order valence-electron chi connectivity index (χ2n) is 6.31. The molecular weight excluding hydrogens is 272 g/mol. The lowest BCUT2D eigenvalue weighted by Gasteiger charge is -2.38. The van der Waals surface area contributed by atoms with Crippen molar-refractivity contribution in [2.75, 3.05) is 33.2 Å². The van der Waals surface area contributed by atoms with E-state index < -0.39 is 6.10 Å². The van der Waals surface area contributed by atoms with Gasteiger partial charge in [-0.1, -0.05) is 30.7 Å². The number of benzene rings is 1. The second kappa shape index (κ2) is 6.90. The molecule has 0 aromatic heterocycles. The number of halogens is 1. The zero-order valence-electron chi connectivity index (χ0n) is 12.4. The molecule has 1 fully saturated rings. The summed E-state index contributed by atoms with van der Waals surface area (Å²) in [5.74, 6) is 0. The van der Waals surface area contributed by atoms with Crippen molar-refractivity contribution in [3.8, 4) is 0 Å². The molecule has 1 aromatic carbocycles. The van der Waals surface area contributed by atoms with Crippen LogP contribution in [0.1, 0.15) is 31.4 Å². The molecule has 0 spiro atoms. The van der Waals surface area contributed by atoms with Crippen LogP contribution >= 0.6 is 11.6 Å². The summed E-state index contributed by atoms with van der Waals surface area (Å²) in [6, 6.07) is 7.40. The fraction of sp³-hybridized carbons (Fsp3) is 0.625. The Labute approximate surface area is 126 Å². The first kappa shape index (κ1) is 15.8. The normalized spacial score (nSPS) is 20.8. The van der Waals surface area contributed by atoms with Gasteiger partial charge in [-0.25, -0.2) is 0 Å². The Bertz CT molecular complexity index is 413. The van der Waals surface area contributed by atoms with Gasteiger partial charge in [0.1, 0.15) is 0 Å². The van der Waals surface area contributed by atoms with Gasteiger partial charge in [0.15, 0.2) is 0 Å². The topological polar surface area (TPSA) is 35.5 Å². The minimum absolute atomic E-state index is 0.353. The maximum atomic E-state index is 10.2. The highest BCUT2D eigenvalue weighted by Crippen LogP contribution is 2.29. The predicted octanol–water partition coefficient (Wildman–Crippen LogP) is 2.69. The number of rotatable bonds is 5. The van der Waals surface area contributed by atoms with Crippen molar-refractivity contribution in [1.29, 1.82) is 0 Å². The zero-order valence-corrected chi connectivity index (χ0v) is 13.2. The van der Waals surface area contributed by atoms with E-state index in [1.807, 2.05) is 24.3 Å². The van der Waals surface area contributed by atoms with Gasteiger partial charge in [-0.05, 0) is 56.1 Å². The average molecular weight is 297 g/mol. The number of aliphatic hydroxyl groups is 1. The molecule has 1 unspecified atom stereocenters. The van der Waals surface area contributed by atoms with Crippen LogP contribution in [0.4, 0.5) is 0 Å². The van der Waals surface area contributed by atoms with E-state index in [1.54, 1.807) is 0 Å². The minimum atomic E-state index is -0.470. The number of likely N-dealkylation sites (tertiary alicyclic amines) is 1. The van der Waals surface area contributed by atoms with Gasteiger partial charge in [-0.15, -0.1) is 0 Å². The van der Waals surface area contributed by atoms with Crippen LogP contribution in [0.15, 0.2) is 24.3 Å². The Balaban J connectivity index is 1.76. The molecule has 1 saturated heterocycles. The van der Waals surface area contributed by atoms with Crippen LogP contribution < -0.4 is 5.32 Å². The van der Waals surface area contributed by atoms with Crippen LogP contribution in [-0.2, 0) is 0 Å². The lowest BCUT2D eigenvalue weighted by atomic mass is 9.80. The molecule has 0 saturated carbocycles. The summed E-state index contributed by atoms with van der Waals surface area (Å²) in [5.41, 5.74) is 1.27. The van der Waals surface area contributed by atoms with Gasteiger partial charge in [-0.3, -0.25) is 0 Å².